The molecule has 1 aromatic rings. The maximum atomic E-state index is 12.1. The molecule has 16 heavy (non-hydrogen) atoms. The smallest absolute Gasteiger partial charge is 0.244 e. The summed E-state index contributed by atoms with van der Waals surface area (Å²) in [6, 6.07) is 0.0859. The molecule has 1 heterocycles. The van der Waals surface area contributed by atoms with Gasteiger partial charge in [-0.1, -0.05) is 0 Å². The van der Waals surface area contributed by atoms with Gasteiger partial charge in [-0.05, 0) is 26.7 Å². The first-order valence-corrected chi connectivity index (χ1v) is 7.14. The van der Waals surface area contributed by atoms with Gasteiger partial charge in [-0.2, -0.15) is 0 Å². The summed E-state index contributed by atoms with van der Waals surface area (Å²) in [5.74, 6) is 1.12. The molecule has 90 valence electrons. The predicted octanol–water partition coefficient (Wildman–Crippen LogP) is 2.08. The second-order valence-electron chi connectivity index (χ2n) is 4.05. The van der Waals surface area contributed by atoms with Crippen molar-refractivity contribution in [2.75, 3.05) is 0 Å². The molecule has 0 spiro atoms. The van der Waals surface area contributed by atoms with Crippen molar-refractivity contribution < 1.29 is 12.8 Å². The van der Waals surface area contributed by atoms with E-state index in [0.29, 0.717) is 17.1 Å². The molecule has 1 aromatic heterocycles. The van der Waals surface area contributed by atoms with Crippen LogP contribution in [0.1, 0.15) is 29.9 Å². The molecule has 0 amide bonds. The molecule has 1 fully saturated rings. The molecule has 0 radical (unpaired) electrons. The summed E-state index contributed by atoms with van der Waals surface area (Å²) in [5.41, 5.74) is 0.562. The maximum Gasteiger partial charge on any atom is 0.244 e. The Morgan fingerprint density at radius 3 is 2.50 bits per heavy atom. The van der Waals surface area contributed by atoms with Crippen molar-refractivity contribution in [1.82, 2.24) is 4.72 Å². The number of hydrogen-bond donors (Lipinski definition) is 1. The summed E-state index contributed by atoms with van der Waals surface area (Å²) in [6.45, 7) is 3.37. The third kappa shape index (κ3) is 2.12. The zero-order chi connectivity index (χ0) is 11.9. The van der Waals surface area contributed by atoms with Gasteiger partial charge in [-0.3, -0.25) is 0 Å². The fourth-order valence-corrected chi connectivity index (χ4v) is 3.85. The van der Waals surface area contributed by atoms with E-state index in [1.54, 1.807) is 13.8 Å². The lowest BCUT2D eigenvalue weighted by Gasteiger charge is -2.05. The Kier molecular flexibility index (Phi) is 3.03. The maximum absolute atomic E-state index is 12.1. The molecule has 0 aliphatic heterocycles. The standard InChI is InChI=1S/C10H14ClNO3S/c1-6-9(5-11)10(7(2)15-6)16(13,14)12-8-3-4-8/h8,12H,3-5H2,1-2H3. The van der Waals surface area contributed by atoms with Crippen molar-refractivity contribution in [1.29, 1.82) is 0 Å². The van der Waals surface area contributed by atoms with Crippen LogP contribution in [0, 0.1) is 13.8 Å². The number of alkyl halides is 1. The average Bonchev–Trinajstić information content (AvgIpc) is 2.90. The molecule has 0 bridgehead atoms. The van der Waals surface area contributed by atoms with Crippen LogP contribution in [-0.4, -0.2) is 14.5 Å². The summed E-state index contributed by atoms with van der Waals surface area (Å²) < 4.78 is 32.1. The largest absolute Gasteiger partial charge is 0.465 e. The van der Waals surface area contributed by atoms with E-state index in [2.05, 4.69) is 4.72 Å². The number of halogens is 1. The van der Waals surface area contributed by atoms with Crippen molar-refractivity contribution in [2.45, 2.75) is 43.5 Å². The zero-order valence-electron chi connectivity index (χ0n) is 9.21. The zero-order valence-corrected chi connectivity index (χ0v) is 10.8. The third-order valence-electron chi connectivity index (χ3n) is 2.63. The van der Waals surface area contributed by atoms with E-state index in [9.17, 15) is 8.42 Å². The molecule has 1 saturated carbocycles. The average molecular weight is 264 g/mol. The van der Waals surface area contributed by atoms with Crippen molar-refractivity contribution in [3.8, 4) is 0 Å². The van der Waals surface area contributed by atoms with Gasteiger partial charge in [0.25, 0.3) is 0 Å². The Morgan fingerprint density at radius 1 is 1.38 bits per heavy atom. The first-order chi connectivity index (χ1) is 7.45. The van der Waals surface area contributed by atoms with E-state index in [1.807, 2.05) is 0 Å². The van der Waals surface area contributed by atoms with Gasteiger partial charge in [0, 0.05) is 11.6 Å². The Hall–Kier alpha value is -0.520. The predicted molar refractivity (Wildman–Crippen MR) is 61.1 cm³/mol. The van der Waals surface area contributed by atoms with Crippen LogP contribution >= 0.6 is 11.6 Å². The number of furan rings is 1. The van der Waals surface area contributed by atoms with Gasteiger partial charge >= 0.3 is 0 Å². The lowest BCUT2D eigenvalue weighted by Crippen LogP contribution is -2.26. The molecule has 1 aliphatic carbocycles. The monoisotopic (exact) mass is 263 g/mol. The first-order valence-electron chi connectivity index (χ1n) is 5.13. The molecule has 0 unspecified atom stereocenters. The van der Waals surface area contributed by atoms with E-state index >= 15 is 0 Å². The number of nitrogens with one attached hydrogen (secondary N) is 1. The van der Waals surface area contributed by atoms with Gasteiger partial charge in [-0.15, -0.1) is 11.6 Å². The summed E-state index contributed by atoms with van der Waals surface area (Å²) in [4.78, 5) is 0.215. The fraction of sp³-hybridized carbons (Fsp3) is 0.600. The summed E-state index contributed by atoms with van der Waals surface area (Å²) in [6.07, 6.45) is 1.82. The van der Waals surface area contributed by atoms with Gasteiger partial charge in [0.2, 0.25) is 10.0 Å². The van der Waals surface area contributed by atoms with Gasteiger partial charge in [0.1, 0.15) is 16.4 Å². The van der Waals surface area contributed by atoms with E-state index in [1.165, 1.54) is 0 Å². The second kappa shape index (κ2) is 4.05. The Labute approximate surface area is 100 Å². The van der Waals surface area contributed by atoms with Crippen LogP contribution in [-0.2, 0) is 15.9 Å². The first kappa shape index (κ1) is 12.0. The van der Waals surface area contributed by atoms with E-state index in [4.69, 9.17) is 16.0 Å². The van der Waals surface area contributed by atoms with E-state index in [-0.39, 0.29) is 16.8 Å². The summed E-state index contributed by atoms with van der Waals surface area (Å²) in [7, 11) is -3.48. The van der Waals surface area contributed by atoms with E-state index in [0.717, 1.165) is 12.8 Å². The van der Waals surface area contributed by atoms with Crippen LogP contribution in [0.15, 0.2) is 9.31 Å². The van der Waals surface area contributed by atoms with Crippen molar-refractivity contribution in [2.24, 2.45) is 0 Å². The lowest BCUT2D eigenvalue weighted by molar-refractivity contribution is 0.494. The molecule has 6 heteroatoms. The van der Waals surface area contributed by atoms with Gasteiger partial charge in [0.15, 0.2) is 0 Å². The highest BCUT2D eigenvalue weighted by molar-refractivity contribution is 7.89. The molecule has 1 N–H and O–H groups in total. The summed E-state index contributed by atoms with van der Waals surface area (Å²) in [5, 5.41) is 0. The quantitative estimate of drug-likeness (QED) is 0.846. The summed E-state index contributed by atoms with van der Waals surface area (Å²) >= 11 is 5.76. The minimum atomic E-state index is -3.48. The third-order valence-corrected chi connectivity index (χ3v) is 4.61. The molecule has 2 rings (SSSR count). The number of aryl methyl sites for hydroxylation is 2. The van der Waals surface area contributed by atoms with Crippen molar-refractivity contribution in [3.63, 3.8) is 0 Å². The van der Waals surface area contributed by atoms with Crippen LogP contribution in [0.2, 0.25) is 0 Å². The van der Waals surface area contributed by atoms with Gasteiger partial charge < -0.3 is 4.42 Å². The van der Waals surface area contributed by atoms with Crippen LogP contribution in [0.25, 0.3) is 0 Å². The molecule has 0 aromatic carbocycles. The highest BCUT2D eigenvalue weighted by Crippen LogP contribution is 2.30. The van der Waals surface area contributed by atoms with Crippen LogP contribution in [0.3, 0.4) is 0 Å². The van der Waals surface area contributed by atoms with Crippen LogP contribution in [0.5, 0.6) is 0 Å². The van der Waals surface area contributed by atoms with Crippen LogP contribution in [0.4, 0.5) is 0 Å². The van der Waals surface area contributed by atoms with Crippen molar-refractivity contribution >= 4 is 21.6 Å². The Balaban J connectivity index is 2.45. The lowest BCUT2D eigenvalue weighted by atomic mass is 10.3. The number of sulfonamides is 1. The van der Waals surface area contributed by atoms with Gasteiger partial charge in [0.05, 0.1) is 5.88 Å². The van der Waals surface area contributed by atoms with Crippen molar-refractivity contribution in [3.05, 3.63) is 17.1 Å². The molecular formula is C10H14ClNO3S. The highest BCUT2D eigenvalue weighted by Gasteiger charge is 2.32. The Morgan fingerprint density at radius 2 is 2.00 bits per heavy atom. The Bertz CT molecular complexity index is 502. The van der Waals surface area contributed by atoms with Crippen LogP contribution < -0.4 is 4.72 Å². The molecule has 0 atom stereocenters. The number of hydrogen-bond acceptors (Lipinski definition) is 3. The second-order valence-corrected chi connectivity index (χ2v) is 5.97. The molecular weight excluding hydrogens is 250 g/mol. The molecule has 4 nitrogen and oxygen atoms in total. The molecule has 0 saturated heterocycles. The molecule has 1 aliphatic rings. The number of rotatable bonds is 4. The fourth-order valence-electron chi connectivity index (χ4n) is 1.70. The highest BCUT2D eigenvalue weighted by atomic mass is 35.5. The minimum Gasteiger partial charge on any atom is -0.465 e. The SMILES string of the molecule is Cc1oc(C)c(S(=O)(=O)NC2CC2)c1CCl. The topological polar surface area (TPSA) is 59.3 Å². The van der Waals surface area contributed by atoms with E-state index < -0.39 is 10.0 Å². The normalized spacial score (nSPS) is 16.7. The minimum absolute atomic E-state index is 0.0859. The van der Waals surface area contributed by atoms with Gasteiger partial charge in [-0.25, -0.2) is 13.1 Å².